The summed E-state index contributed by atoms with van der Waals surface area (Å²) < 4.78 is 34.7. The lowest BCUT2D eigenvalue weighted by Crippen LogP contribution is -2.39. The number of aromatic nitrogens is 1. The average molecular weight is 579 g/mol. The molecular weight excluding hydrogens is 544 g/mol. The fraction of sp³-hybridized carbons (Fsp3) is 0.333. The SMILES string of the molecule is CCN(Cc1ccccc1)S(=O)(=O)c1ccc(C(=O)N(CCCN2CCOCC2)c2nc3ccccc3s2)cc1. The quantitative estimate of drug-likeness (QED) is 0.252. The first kappa shape index (κ1) is 28.4. The smallest absolute Gasteiger partial charge is 0.260 e. The van der Waals surface area contributed by atoms with E-state index >= 15 is 0 Å². The van der Waals surface area contributed by atoms with E-state index < -0.39 is 10.0 Å². The highest BCUT2D eigenvalue weighted by atomic mass is 32.2. The Hall–Kier alpha value is -3.15. The number of para-hydroxylation sites is 1. The summed E-state index contributed by atoms with van der Waals surface area (Å²) in [6.07, 6.45) is 0.791. The molecule has 1 aliphatic rings. The number of ether oxygens (including phenoxy) is 1. The summed E-state index contributed by atoms with van der Waals surface area (Å²) in [5, 5.41) is 0.643. The molecule has 1 fully saturated rings. The van der Waals surface area contributed by atoms with Gasteiger partial charge in [-0.3, -0.25) is 14.6 Å². The zero-order valence-electron chi connectivity index (χ0n) is 22.6. The number of anilines is 1. The van der Waals surface area contributed by atoms with E-state index in [9.17, 15) is 13.2 Å². The van der Waals surface area contributed by atoms with Crippen LogP contribution in [0.1, 0.15) is 29.3 Å². The van der Waals surface area contributed by atoms with Gasteiger partial charge in [0.25, 0.3) is 5.91 Å². The molecular formula is C30H34N4O4S2. The van der Waals surface area contributed by atoms with Crippen LogP contribution in [0.4, 0.5) is 5.13 Å². The molecule has 2 heterocycles. The molecule has 210 valence electrons. The maximum atomic E-state index is 13.8. The molecule has 10 heteroatoms. The van der Waals surface area contributed by atoms with Crippen LogP contribution in [0.25, 0.3) is 10.2 Å². The lowest BCUT2D eigenvalue weighted by Gasteiger charge is -2.27. The van der Waals surface area contributed by atoms with E-state index in [0.29, 0.717) is 23.8 Å². The van der Waals surface area contributed by atoms with E-state index in [2.05, 4.69) is 4.90 Å². The van der Waals surface area contributed by atoms with E-state index in [1.165, 1.54) is 27.8 Å². The molecule has 1 saturated heterocycles. The van der Waals surface area contributed by atoms with Crippen molar-refractivity contribution in [2.75, 3.05) is 50.8 Å². The number of nitrogens with zero attached hydrogens (tertiary/aromatic N) is 4. The Morgan fingerprint density at radius 3 is 2.38 bits per heavy atom. The Balaban J connectivity index is 1.35. The van der Waals surface area contributed by atoms with Crippen LogP contribution in [0, 0.1) is 0 Å². The summed E-state index contributed by atoms with van der Waals surface area (Å²) in [7, 11) is -3.73. The molecule has 0 unspecified atom stereocenters. The van der Waals surface area contributed by atoms with Crippen molar-refractivity contribution in [3.05, 3.63) is 90.0 Å². The average Bonchev–Trinajstić information content (AvgIpc) is 3.43. The van der Waals surface area contributed by atoms with E-state index in [4.69, 9.17) is 9.72 Å². The van der Waals surface area contributed by atoms with E-state index in [-0.39, 0.29) is 17.3 Å². The highest BCUT2D eigenvalue weighted by Crippen LogP contribution is 2.30. The second-order valence-electron chi connectivity index (χ2n) is 9.67. The maximum Gasteiger partial charge on any atom is 0.260 e. The molecule has 1 amide bonds. The molecule has 8 nitrogen and oxygen atoms in total. The van der Waals surface area contributed by atoms with Crippen LogP contribution in [0.15, 0.2) is 83.8 Å². The standard InChI is InChI=1S/C30H34N4O4S2/c1-2-33(23-24-9-4-3-5-10-24)40(36,37)26-15-13-25(14-16-26)29(35)34(18-8-17-32-19-21-38-22-20-32)30-31-27-11-6-7-12-28(27)39-30/h3-7,9-16H,2,8,17-23H2,1H3. The van der Waals surface area contributed by atoms with Gasteiger partial charge >= 0.3 is 0 Å². The van der Waals surface area contributed by atoms with Crippen molar-refractivity contribution in [1.82, 2.24) is 14.2 Å². The van der Waals surface area contributed by atoms with Gasteiger partial charge in [-0.2, -0.15) is 4.31 Å². The largest absolute Gasteiger partial charge is 0.379 e. The lowest BCUT2D eigenvalue weighted by molar-refractivity contribution is 0.0376. The minimum absolute atomic E-state index is 0.167. The molecule has 4 aromatic rings. The van der Waals surface area contributed by atoms with Gasteiger partial charge in [0, 0.05) is 44.8 Å². The molecule has 1 aromatic heterocycles. The first-order valence-corrected chi connectivity index (χ1v) is 15.8. The summed E-state index contributed by atoms with van der Waals surface area (Å²) in [6.45, 7) is 7.08. The number of fused-ring (bicyclic) bond motifs is 1. The van der Waals surface area contributed by atoms with Crippen LogP contribution in [-0.2, 0) is 21.3 Å². The van der Waals surface area contributed by atoms with E-state index in [1.807, 2.05) is 61.5 Å². The Morgan fingerprint density at radius 2 is 1.68 bits per heavy atom. The molecule has 3 aromatic carbocycles. The number of sulfonamides is 1. The summed E-state index contributed by atoms with van der Waals surface area (Å²) in [5.74, 6) is -0.193. The van der Waals surface area contributed by atoms with Crippen molar-refractivity contribution in [1.29, 1.82) is 0 Å². The van der Waals surface area contributed by atoms with Crippen molar-refractivity contribution in [3.8, 4) is 0 Å². The van der Waals surface area contributed by atoms with Crippen molar-refractivity contribution < 1.29 is 17.9 Å². The molecule has 5 rings (SSSR count). The van der Waals surface area contributed by atoms with Crippen molar-refractivity contribution in [2.24, 2.45) is 0 Å². The molecule has 0 aliphatic carbocycles. The second kappa shape index (κ2) is 13.0. The van der Waals surface area contributed by atoms with Crippen LogP contribution >= 0.6 is 11.3 Å². The number of hydrogen-bond donors (Lipinski definition) is 0. The van der Waals surface area contributed by atoms with Gasteiger partial charge < -0.3 is 4.74 Å². The lowest BCUT2D eigenvalue weighted by atomic mass is 10.2. The minimum Gasteiger partial charge on any atom is -0.379 e. The monoisotopic (exact) mass is 578 g/mol. The van der Waals surface area contributed by atoms with Gasteiger partial charge in [-0.15, -0.1) is 0 Å². The Bertz CT molecular complexity index is 1490. The van der Waals surface area contributed by atoms with Crippen LogP contribution in [0.2, 0.25) is 0 Å². The molecule has 0 spiro atoms. The number of carbonyl (C=O) groups excluding carboxylic acids is 1. The van der Waals surface area contributed by atoms with Crippen molar-refractivity contribution in [3.63, 3.8) is 0 Å². The van der Waals surface area contributed by atoms with Crippen LogP contribution in [0.5, 0.6) is 0 Å². The Morgan fingerprint density at radius 1 is 0.975 bits per heavy atom. The fourth-order valence-corrected chi connectivity index (χ4v) is 7.19. The number of amides is 1. The zero-order valence-corrected chi connectivity index (χ0v) is 24.2. The first-order valence-electron chi connectivity index (χ1n) is 13.6. The fourth-order valence-electron chi connectivity index (χ4n) is 4.76. The predicted octanol–water partition coefficient (Wildman–Crippen LogP) is 4.88. The van der Waals surface area contributed by atoms with E-state index in [1.54, 1.807) is 17.0 Å². The van der Waals surface area contributed by atoms with Crippen LogP contribution < -0.4 is 4.90 Å². The van der Waals surface area contributed by atoms with Gasteiger partial charge in [0.15, 0.2) is 5.13 Å². The van der Waals surface area contributed by atoms with Gasteiger partial charge in [-0.05, 0) is 48.4 Å². The van der Waals surface area contributed by atoms with Gasteiger partial charge in [-0.1, -0.05) is 60.7 Å². The number of rotatable bonds is 11. The highest BCUT2D eigenvalue weighted by molar-refractivity contribution is 7.89. The van der Waals surface area contributed by atoms with Crippen molar-refractivity contribution in [2.45, 2.75) is 24.8 Å². The molecule has 0 saturated carbocycles. The molecule has 0 bridgehead atoms. The number of carbonyl (C=O) groups is 1. The molecule has 40 heavy (non-hydrogen) atoms. The van der Waals surface area contributed by atoms with Gasteiger partial charge in [0.05, 0.1) is 28.3 Å². The topological polar surface area (TPSA) is 83.1 Å². The first-order chi connectivity index (χ1) is 19.5. The van der Waals surface area contributed by atoms with Gasteiger partial charge in [0.1, 0.15) is 0 Å². The molecule has 0 atom stereocenters. The van der Waals surface area contributed by atoms with Crippen LogP contribution in [-0.4, -0.2) is 74.5 Å². The third kappa shape index (κ3) is 6.59. The summed E-state index contributed by atoms with van der Waals surface area (Å²) >= 11 is 1.49. The minimum atomic E-state index is -3.73. The summed E-state index contributed by atoms with van der Waals surface area (Å²) in [4.78, 5) is 22.8. The normalized spacial score (nSPS) is 14.6. The maximum absolute atomic E-state index is 13.8. The number of hydrogen-bond acceptors (Lipinski definition) is 7. The van der Waals surface area contributed by atoms with Gasteiger partial charge in [0.2, 0.25) is 10.0 Å². The zero-order chi connectivity index (χ0) is 28.0. The van der Waals surface area contributed by atoms with Gasteiger partial charge in [-0.25, -0.2) is 13.4 Å². The Kier molecular flexibility index (Phi) is 9.23. The molecule has 1 aliphatic heterocycles. The third-order valence-electron chi connectivity index (χ3n) is 7.01. The van der Waals surface area contributed by atoms with Crippen LogP contribution in [0.3, 0.4) is 0 Å². The number of thiazole rings is 1. The molecule has 0 N–H and O–H groups in total. The summed E-state index contributed by atoms with van der Waals surface area (Å²) in [5.41, 5.74) is 2.20. The van der Waals surface area contributed by atoms with Crippen molar-refractivity contribution >= 4 is 42.6 Å². The third-order valence-corrected chi connectivity index (χ3v) is 10.0. The predicted molar refractivity (Wildman–Crippen MR) is 159 cm³/mol. The Labute approximate surface area is 239 Å². The number of benzene rings is 3. The summed E-state index contributed by atoms with van der Waals surface area (Å²) in [6, 6.07) is 23.6. The second-order valence-corrected chi connectivity index (χ2v) is 12.6. The molecule has 0 radical (unpaired) electrons. The number of morpholine rings is 1. The highest BCUT2D eigenvalue weighted by Gasteiger charge is 2.26. The van der Waals surface area contributed by atoms with E-state index in [0.717, 1.165) is 55.0 Å².